The van der Waals surface area contributed by atoms with Crippen molar-refractivity contribution < 1.29 is 10.0 Å². The molecule has 0 atom stereocenters. The van der Waals surface area contributed by atoms with Crippen LogP contribution in [-0.4, -0.2) is 28.4 Å². The van der Waals surface area contributed by atoms with E-state index in [1.807, 2.05) is 24.3 Å². The van der Waals surface area contributed by atoms with Crippen LogP contribution in [0.4, 0.5) is 5.69 Å². The van der Waals surface area contributed by atoms with Crippen molar-refractivity contribution in [3.63, 3.8) is 0 Å². The Labute approximate surface area is 126 Å². The number of carbonyl (C=O) groups excluding carboxylic acids is 1. The number of benzene rings is 1. The zero-order valence-corrected chi connectivity index (χ0v) is 11.8. The number of amides is 1. The third-order valence-electron chi connectivity index (χ3n) is 3.45. The zero-order chi connectivity index (χ0) is 14.8. The van der Waals surface area contributed by atoms with Gasteiger partial charge in [0.1, 0.15) is 0 Å². The first kappa shape index (κ1) is 13.6. The molecule has 1 aliphatic heterocycles. The van der Waals surface area contributed by atoms with Crippen LogP contribution < -0.4 is 4.90 Å². The average Bonchev–Trinajstić information content (AvgIpc) is 2.53. The van der Waals surface area contributed by atoms with Crippen molar-refractivity contribution in [2.24, 2.45) is 5.16 Å². The van der Waals surface area contributed by atoms with Crippen molar-refractivity contribution in [1.29, 1.82) is 0 Å². The van der Waals surface area contributed by atoms with Crippen molar-refractivity contribution in [1.82, 2.24) is 4.98 Å². The smallest absolute Gasteiger partial charge is 0.259 e. The molecule has 5 nitrogen and oxygen atoms in total. The van der Waals surface area contributed by atoms with E-state index in [1.54, 1.807) is 11.0 Å². The van der Waals surface area contributed by atoms with E-state index in [9.17, 15) is 4.79 Å². The SMILES string of the molecule is O=C(c1ccncc1Cl)N1CCC(=NO)c2ccccc21. The summed E-state index contributed by atoms with van der Waals surface area (Å²) in [5.41, 5.74) is 2.46. The van der Waals surface area contributed by atoms with E-state index in [2.05, 4.69) is 10.1 Å². The molecule has 1 aliphatic rings. The highest BCUT2D eigenvalue weighted by atomic mass is 35.5. The number of hydrogen-bond donors (Lipinski definition) is 1. The van der Waals surface area contributed by atoms with E-state index in [0.717, 1.165) is 11.3 Å². The van der Waals surface area contributed by atoms with Gasteiger partial charge < -0.3 is 10.1 Å². The molecule has 3 rings (SSSR count). The molecular formula is C15H12ClN3O2. The number of aromatic nitrogens is 1. The molecule has 1 aromatic carbocycles. The van der Waals surface area contributed by atoms with Gasteiger partial charge in [-0.1, -0.05) is 35.0 Å². The Morgan fingerprint density at radius 2 is 2.14 bits per heavy atom. The van der Waals surface area contributed by atoms with Crippen LogP contribution in [0.2, 0.25) is 5.02 Å². The van der Waals surface area contributed by atoms with Gasteiger partial charge in [0, 0.05) is 30.9 Å². The quantitative estimate of drug-likeness (QED) is 0.650. The second kappa shape index (κ2) is 5.54. The van der Waals surface area contributed by atoms with Crippen LogP contribution in [-0.2, 0) is 0 Å². The molecule has 0 saturated heterocycles. The van der Waals surface area contributed by atoms with Gasteiger partial charge in [-0.25, -0.2) is 0 Å². The number of fused-ring (bicyclic) bond motifs is 1. The number of anilines is 1. The number of para-hydroxylation sites is 1. The maximum Gasteiger partial charge on any atom is 0.259 e. The Hall–Kier alpha value is -2.40. The molecule has 0 aliphatic carbocycles. The monoisotopic (exact) mass is 301 g/mol. The minimum atomic E-state index is -0.188. The lowest BCUT2D eigenvalue weighted by Gasteiger charge is -2.30. The van der Waals surface area contributed by atoms with E-state index in [0.29, 0.717) is 29.3 Å². The van der Waals surface area contributed by atoms with Gasteiger partial charge in [0.25, 0.3) is 5.91 Å². The summed E-state index contributed by atoms with van der Waals surface area (Å²) in [6.45, 7) is 0.438. The van der Waals surface area contributed by atoms with Gasteiger partial charge >= 0.3 is 0 Å². The fourth-order valence-corrected chi connectivity index (χ4v) is 2.63. The van der Waals surface area contributed by atoms with E-state index < -0.39 is 0 Å². The Morgan fingerprint density at radius 1 is 1.33 bits per heavy atom. The van der Waals surface area contributed by atoms with Crippen LogP contribution in [0.5, 0.6) is 0 Å². The summed E-state index contributed by atoms with van der Waals surface area (Å²) < 4.78 is 0. The highest BCUT2D eigenvalue weighted by Gasteiger charge is 2.27. The average molecular weight is 302 g/mol. The lowest BCUT2D eigenvalue weighted by molar-refractivity contribution is 0.0987. The van der Waals surface area contributed by atoms with Crippen molar-refractivity contribution in [3.8, 4) is 0 Å². The Bertz CT molecular complexity index is 730. The minimum absolute atomic E-state index is 0.188. The molecule has 0 saturated carbocycles. The molecule has 0 unspecified atom stereocenters. The second-order valence-electron chi connectivity index (χ2n) is 4.63. The molecule has 2 heterocycles. The maximum absolute atomic E-state index is 12.7. The molecule has 2 aromatic rings. The van der Waals surface area contributed by atoms with Crippen LogP contribution in [0.15, 0.2) is 47.9 Å². The van der Waals surface area contributed by atoms with Gasteiger partial charge in [-0.2, -0.15) is 0 Å². The predicted octanol–water partition coefficient (Wildman–Crippen LogP) is 2.96. The standard InChI is InChI=1S/C15H12ClN3O2/c16-12-9-17-7-5-10(12)15(20)19-8-6-13(18-21)11-3-1-2-4-14(11)19/h1-5,7,9,21H,6,8H2. The Balaban J connectivity index is 2.05. The Kier molecular flexibility index (Phi) is 3.58. The highest BCUT2D eigenvalue weighted by molar-refractivity contribution is 6.34. The minimum Gasteiger partial charge on any atom is -0.411 e. The first-order chi connectivity index (χ1) is 10.2. The maximum atomic E-state index is 12.7. The third kappa shape index (κ3) is 2.36. The fraction of sp³-hybridized carbons (Fsp3) is 0.133. The zero-order valence-electron chi connectivity index (χ0n) is 11.0. The molecule has 6 heteroatoms. The van der Waals surface area contributed by atoms with Crippen molar-refractivity contribution in [2.75, 3.05) is 11.4 Å². The molecule has 1 N–H and O–H groups in total. The molecule has 21 heavy (non-hydrogen) atoms. The molecule has 106 valence electrons. The van der Waals surface area contributed by atoms with Gasteiger partial charge in [0.2, 0.25) is 0 Å². The normalized spacial score (nSPS) is 15.9. The molecule has 0 fully saturated rings. The molecule has 0 spiro atoms. The third-order valence-corrected chi connectivity index (χ3v) is 3.75. The predicted molar refractivity (Wildman–Crippen MR) is 80.3 cm³/mol. The van der Waals surface area contributed by atoms with Crippen LogP contribution in [0.3, 0.4) is 0 Å². The van der Waals surface area contributed by atoms with Gasteiger partial charge in [-0.15, -0.1) is 0 Å². The summed E-state index contributed by atoms with van der Waals surface area (Å²) in [6.07, 6.45) is 3.47. The molecular weight excluding hydrogens is 290 g/mol. The lowest BCUT2D eigenvalue weighted by atomic mass is 9.99. The fourth-order valence-electron chi connectivity index (χ4n) is 2.43. The van der Waals surface area contributed by atoms with Crippen molar-refractivity contribution in [3.05, 3.63) is 58.9 Å². The van der Waals surface area contributed by atoms with Crippen molar-refractivity contribution in [2.45, 2.75) is 6.42 Å². The second-order valence-corrected chi connectivity index (χ2v) is 5.03. The number of oxime groups is 1. The van der Waals surface area contributed by atoms with Gasteiger partial charge in [0.15, 0.2) is 0 Å². The first-order valence-corrected chi connectivity index (χ1v) is 6.82. The number of pyridine rings is 1. The van der Waals surface area contributed by atoms with Crippen LogP contribution in [0.25, 0.3) is 0 Å². The molecule has 1 aromatic heterocycles. The number of rotatable bonds is 1. The molecule has 0 bridgehead atoms. The number of halogens is 1. The van der Waals surface area contributed by atoms with Crippen LogP contribution in [0.1, 0.15) is 22.3 Å². The van der Waals surface area contributed by atoms with Crippen LogP contribution >= 0.6 is 11.6 Å². The van der Waals surface area contributed by atoms with E-state index >= 15 is 0 Å². The largest absolute Gasteiger partial charge is 0.411 e. The highest BCUT2D eigenvalue weighted by Crippen LogP contribution is 2.29. The summed E-state index contributed by atoms with van der Waals surface area (Å²) in [5, 5.41) is 12.7. The molecule has 1 amide bonds. The van der Waals surface area contributed by atoms with Gasteiger partial charge in [-0.05, 0) is 12.1 Å². The number of carbonyl (C=O) groups is 1. The number of hydrogen-bond acceptors (Lipinski definition) is 4. The summed E-state index contributed by atoms with van der Waals surface area (Å²) in [6, 6.07) is 8.94. The van der Waals surface area contributed by atoms with Gasteiger partial charge in [0.05, 0.1) is 22.0 Å². The topological polar surface area (TPSA) is 65.8 Å². The summed E-state index contributed by atoms with van der Waals surface area (Å²) in [7, 11) is 0. The van der Waals surface area contributed by atoms with Gasteiger partial charge in [-0.3, -0.25) is 9.78 Å². The Morgan fingerprint density at radius 3 is 2.90 bits per heavy atom. The summed E-state index contributed by atoms with van der Waals surface area (Å²) in [5.74, 6) is -0.188. The molecule has 0 radical (unpaired) electrons. The van der Waals surface area contributed by atoms with E-state index in [4.69, 9.17) is 16.8 Å². The van der Waals surface area contributed by atoms with Crippen LogP contribution in [0, 0.1) is 0 Å². The van der Waals surface area contributed by atoms with E-state index in [1.165, 1.54) is 12.4 Å². The summed E-state index contributed by atoms with van der Waals surface area (Å²) in [4.78, 5) is 18.2. The van der Waals surface area contributed by atoms with E-state index in [-0.39, 0.29) is 5.91 Å². The summed E-state index contributed by atoms with van der Waals surface area (Å²) >= 11 is 6.05. The number of nitrogens with zero attached hydrogens (tertiary/aromatic N) is 3. The van der Waals surface area contributed by atoms with Crippen molar-refractivity contribution >= 4 is 28.9 Å². The first-order valence-electron chi connectivity index (χ1n) is 6.44. The lowest BCUT2D eigenvalue weighted by Crippen LogP contribution is -2.37.